The lowest BCUT2D eigenvalue weighted by molar-refractivity contribution is -0.120. The van der Waals surface area contributed by atoms with E-state index in [2.05, 4.69) is 17.1 Å². The first-order valence-electron chi connectivity index (χ1n) is 8.28. The molecule has 3 aliphatic rings. The molecule has 4 rings (SSSR count). The number of hydrogen-bond acceptors (Lipinski definition) is 5. The molecule has 2 unspecified atom stereocenters. The Morgan fingerprint density at radius 2 is 1.71 bits per heavy atom. The summed E-state index contributed by atoms with van der Waals surface area (Å²) in [5.74, 6) is 2.81. The Balaban J connectivity index is 1.46. The van der Waals surface area contributed by atoms with Crippen molar-refractivity contribution in [1.82, 2.24) is 15.0 Å². The van der Waals surface area contributed by atoms with E-state index in [1.165, 1.54) is 12.8 Å². The molecule has 1 aliphatic carbocycles. The second-order valence-electron chi connectivity index (χ2n) is 7.02. The van der Waals surface area contributed by atoms with E-state index in [1.54, 1.807) is 0 Å². The predicted molar refractivity (Wildman–Crippen MR) is 77.1 cm³/mol. The average Bonchev–Trinajstić information content (AvgIpc) is 3.03. The van der Waals surface area contributed by atoms with Gasteiger partial charge in [-0.15, -0.1) is 0 Å². The highest BCUT2D eigenvalue weighted by atomic mass is 16.5. The molecule has 114 valence electrons. The third-order valence-corrected chi connectivity index (χ3v) is 5.81. The number of carbonyl (C=O) groups is 1. The molecule has 0 aromatic carbocycles. The number of carbonyl (C=O) groups excluding carboxylic acids is 1. The molecule has 3 heterocycles. The molecule has 5 heteroatoms. The maximum absolute atomic E-state index is 11.3. The average molecular weight is 289 g/mol. The molecule has 1 saturated carbocycles. The molecule has 0 amide bonds. The van der Waals surface area contributed by atoms with Crippen molar-refractivity contribution in [2.45, 2.75) is 75.3 Å². The summed E-state index contributed by atoms with van der Waals surface area (Å²) in [5.41, 5.74) is 0. The quantitative estimate of drug-likeness (QED) is 0.837. The molecule has 2 bridgehead atoms. The van der Waals surface area contributed by atoms with Gasteiger partial charge in [0, 0.05) is 36.8 Å². The van der Waals surface area contributed by atoms with Gasteiger partial charge in [0.2, 0.25) is 5.89 Å². The van der Waals surface area contributed by atoms with E-state index in [4.69, 9.17) is 9.51 Å². The highest BCUT2D eigenvalue weighted by molar-refractivity contribution is 5.79. The number of hydrogen-bond donors (Lipinski definition) is 0. The van der Waals surface area contributed by atoms with Gasteiger partial charge in [-0.3, -0.25) is 4.79 Å². The van der Waals surface area contributed by atoms with Crippen molar-refractivity contribution in [3.63, 3.8) is 0 Å². The molecule has 2 atom stereocenters. The zero-order chi connectivity index (χ0) is 14.4. The number of rotatable bonds is 2. The molecule has 5 nitrogen and oxygen atoms in total. The highest BCUT2D eigenvalue weighted by Crippen LogP contribution is 2.41. The normalized spacial score (nSPS) is 34.5. The van der Waals surface area contributed by atoms with E-state index in [0.29, 0.717) is 42.5 Å². The molecule has 2 aliphatic heterocycles. The molecule has 0 radical (unpaired) electrons. The van der Waals surface area contributed by atoms with E-state index in [-0.39, 0.29) is 0 Å². The van der Waals surface area contributed by atoms with Gasteiger partial charge < -0.3 is 9.42 Å². The lowest BCUT2D eigenvalue weighted by atomic mass is 9.88. The number of nitrogens with zero attached hydrogens (tertiary/aromatic N) is 3. The lowest BCUT2D eigenvalue weighted by Gasteiger charge is -2.34. The van der Waals surface area contributed by atoms with Crippen molar-refractivity contribution in [2.75, 3.05) is 7.05 Å². The maximum Gasteiger partial charge on any atom is 0.229 e. The van der Waals surface area contributed by atoms with E-state index >= 15 is 0 Å². The first-order chi connectivity index (χ1) is 10.2. The molecule has 0 spiro atoms. The topological polar surface area (TPSA) is 59.2 Å². The standard InChI is InChI=1S/C16H23N3O2/c1-19-12-4-5-13(19)9-11(8-12)15-17-16(21-18-15)10-2-6-14(20)7-3-10/h10-13H,2-9H2,1H3. The number of Topliss-reactive ketones (excluding diaryl/α,β-unsaturated/α-hetero) is 1. The van der Waals surface area contributed by atoms with E-state index < -0.39 is 0 Å². The number of piperidine rings is 1. The van der Waals surface area contributed by atoms with Crippen LogP contribution in [0.25, 0.3) is 0 Å². The summed E-state index contributed by atoms with van der Waals surface area (Å²) >= 11 is 0. The largest absolute Gasteiger partial charge is 0.339 e. The van der Waals surface area contributed by atoms with E-state index in [0.717, 1.165) is 37.4 Å². The molecule has 21 heavy (non-hydrogen) atoms. The van der Waals surface area contributed by atoms with Crippen molar-refractivity contribution < 1.29 is 9.32 Å². The first kappa shape index (κ1) is 13.4. The summed E-state index contributed by atoms with van der Waals surface area (Å²) in [7, 11) is 2.25. The fraction of sp³-hybridized carbons (Fsp3) is 0.812. The van der Waals surface area contributed by atoms with Crippen LogP contribution in [0.2, 0.25) is 0 Å². The van der Waals surface area contributed by atoms with Crippen molar-refractivity contribution >= 4 is 5.78 Å². The first-order valence-corrected chi connectivity index (χ1v) is 8.28. The van der Waals surface area contributed by atoms with Crippen LogP contribution in [0.1, 0.15) is 74.9 Å². The van der Waals surface area contributed by atoms with Crippen LogP contribution in [-0.2, 0) is 4.79 Å². The van der Waals surface area contributed by atoms with E-state index in [9.17, 15) is 4.79 Å². The SMILES string of the molecule is CN1C2CCC1CC(c1noc(C3CCC(=O)CC3)n1)C2. The Hall–Kier alpha value is -1.23. The molecule has 2 saturated heterocycles. The minimum atomic E-state index is 0.298. The minimum Gasteiger partial charge on any atom is -0.339 e. The van der Waals surface area contributed by atoms with Crippen molar-refractivity contribution in [3.05, 3.63) is 11.7 Å². The van der Waals surface area contributed by atoms with Crippen LogP contribution in [0.3, 0.4) is 0 Å². The summed E-state index contributed by atoms with van der Waals surface area (Å²) in [6, 6.07) is 1.39. The fourth-order valence-electron chi connectivity index (χ4n) is 4.39. The van der Waals surface area contributed by atoms with Gasteiger partial charge in [0.15, 0.2) is 5.82 Å². The van der Waals surface area contributed by atoms with Crippen molar-refractivity contribution in [1.29, 1.82) is 0 Å². The monoisotopic (exact) mass is 289 g/mol. The Kier molecular flexibility index (Phi) is 3.32. The van der Waals surface area contributed by atoms with Crippen molar-refractivity contribution in [2.24, 2.45) is 0 Å². The predicted octanol–water partition coefficient (Wildman–Crippen LogP) is 2.64. The minimum absolute atomic E-state index is 0.298. The second-order valence-corrected chi connectivity index (χ2v) is 7.02. The Bertz CT molecular complexity index is 517. The zero-order valence-electron chi connectivity index (χ0n) is 12.6. The molecular formula is C16H23N3O2. The molecule has 1 aromatic heterocycles. The Labute approximate surface area is 125 Å². The summed E-state index contributed by atoms with van der Waals surface area (Å²) in [4.78, 5) is 18.6. The maximum atomic E-state index is 11.3. The van der Waals surface area contributed by atoms with Gasteiger partial charge in [-0.25, -0.2) is 0 Å². The van der Waals surface area contributed by atoms with Crippen LogP contribution in [-0.4, -0.2) is 40.0 Å². The van der Waals surface area contributed by atoms with Gasteiger partial charge in [-0.05, 0) is 45.6 Å². The molecule has 3 fully saturated rings. The zero-order valence-corrected chi connectivity index (χ0v) is 12.6. The number of ketones is 1. The van der Waals surface area contributed by atoms with Crippen LogP contribution >= 0.6 is 0 Å². The Morgan fingerprint density at radius 3 is 2.38 bits per heavy atom. The molecule has 1 aromatic rings. The highest BCUT2D eigenvalue weighted by Gasteiger charge is 2.40. The Morgan fingerprint density at radius 1 is 1.05 bits per heavy atom. The molecular weight excluding hydrogens is 266 g/mol. The van der Waals surface area contributed by atoms with Gasteiger partial charge in [0.25, 0.3) is 0 Å². The number of aromatic nitrogens is 2. The van der Waals surface area contributed by atoms with Crippen LogP contribution in [0.15, 0.2) is 4.52 Å². The summed E-state index contributed by atoms with van der Waals surface area (Å²) in [6.45, 7) is 0. The van der Waals surface area contributed by atoms with Crippen LogP contribution in [0, 0.1) is 0 Å². The third kappa shape index (κ3) is 2.41. The van der Waals surface area contributed by atoms with E-state index in [1.807, 2.05) is 0 Å². The van der Waals surface area contributed by atoms with Crippen LogP contribution < -0.4 is 0 Å². The van der Waals surface area contributed by atoms with Crippen LogP contribution in [0.5, 0.6) is 0 Å². The number of fused-ring (bicyclic) bond motifs is 2. The second kappa shape index (κ2) is 5.20. The third-order valence-electron chi connectivity index (χ3n) is 5.81. The van der Waals surface area contributed by atoms with Gasteiger partial charge in [0.1, 0.15) is 5.78 Å². The van der Waals surface area contributed by atoms with Crippen molar-refractivity contribution in [3.8, 4) is 0 Å². The van der Waals surface area contributed by atoms with Crippen LogP contribution in [0.4, 0.5) is 0 Å². The fourth-order valence-corrected chi connectivity index (χ4v) is 4.39. The summed E-state index contributed by atoms with van der Waals surface area (Å²) in [6.07, 6.45) is 8.03. The summed E-state index contributed by atoms with van der Waals surface area (Å²) in [5, 5.41) is 4.27. The van der Waals surface area contributed by atoms with Gasteiger partial charge in [0.05, 0.1) is 0 Å². The smallest absolute Gasteiger partial charge is 0.229 e. The van der Waals surface area contributed by atoms with Gasteiger partial charge in [-0.2, -0.15) is 4.98 Å². The van der Waals surface area contributed by atoms with Gasteiger partial charge >= 0.3 is 0 Å². The summed E-state index contributed by atoms with van der Waals surface area (Å²) < 4.78 is 5.52. The lowest BCUT2D eigenvalue weighted by Crippen LogP contribution is -2.39. The van der Waals surface area contributed by atoms with Gasteiger partial charge in [-0.1, -0.05) is 5.16 Å². The molecule has 0 N–H and O–H groups in total.